The first-order valence-electron chi connectivity index (χ1n) is 4.12. The Kier molecular flexibility index (Phi) is 4.93. The summed E-state index contributed by atoms with van der Waals surface area (Å²) in [6.45, 7) is -3.75. The molecular weight excluding hydrogens is 255 g/mol. The Morgan fingerprint density at radius 1 is 1.27 bits per heavy atom. The molecule has 0 unspecified atom stereocenters. The molecule has 0 aliphatic carbocycles. The molecule has 0 spiro atoms. The third-order valence-electron chi connectivity index (χ3n) is 1.56. The van der Waals surface area contributed by atoms with Gasteiger partial charge in [-0.25, -0.2) is 0 Å². The van der Waals surface area contributed by atoms with E-state index in [1.165, 1.54) is 0 Å². The molecule has 1 aromatic rings. The molecule has 0 heterocycles. The van der Waals surface area contributed by atoms with Gasteiger partial charge in [0.1, 0.15) is 0 Å². The summed E-state index contributed by atoms with van der Waals surface area (Å²) in [6, 6.07) is 9.31. The summed E-state index contributed by atoms with van der Waals surface area (Å²) in [5.74, 6) is 0.255. The van der Waals surface area contributed by atoms with Crippen molar-refractivity contribution in [3.63, 3.8) is 0 Å². The first kappa shape index (κ1) is 12.8. The third-order valence-corrected chi connectivity index (χ3v) is 4.08. The fourth-order valence-electron chi connectivity index (χ4n) is 0.926. The molecule has 0 aliphatic heterocycles. The molecule has 0 saturated carbocycles. The zero-order valence-electron chi connectivity index (χ0n) is 7.75. The van der Waals surface area contributed by atoms with Crippen LogP contribution in [0.5, 0.6) is 0 Å². The van der Waals surface area contributed by atoms with Crippen LogP contribution in [0.3, 0.4) is 0 Å². The molecule has 0 bridgehead atoms. The molecule has 1 aromatic carbocycles. The SMILES string of the molecule is OP(O)(O)=[S+]CC=C(Cl)c1ccccc1. The second-order valence-corrected chi connectivity index (χ2v) is 7.00. The Bertz CT molecular complexity index is 391. The van der Waals surface area contributed by atoms with Gasteiger partial charge in [0, 0.05) is 5.03 Å². The second-order valence-electron chi connectivity index (χ2n) is 2.73. The minimum atomic E-state index is -3.75. The van der Waals surface area contributed by atoms with Crippen LogP contribution in [0.15, 0.2) is 36.4 Å². The lowest BCUT2D eigenvalue weighted by Crippen LogP contribution is -1.83. The maximum Gasteiger partial charge on any atom is 0.515 e. The van der Waals surface area contributed by atoms with Crippen LogP contribution in [-0.4, -0.2) is 20.4 Å². The highest BCUT2D eigenvalue weighted by atomic mass is 35.5. The molecule has 0 atom stereocenters. The minimum Gasteiger partial charge on any atom is -0.290 e. The van der Waals surface area contributed by atoms with E-state index >= 15 is 0 Å². The number of halogens is 1. The number of benzene rings is 1. The van der Waals surface area contributed by atoms with Crippen molar-refractivity contribution < 1.29 is 14.7 Å². The number of hydrogen-bond acceptors (Lipinski definition) is 0. The molecule has 15 heavy (non-hydrogen) atoms. The topological polar surface area (TPSA) is 60.7 Å². The van der Waals surface area contributed by atoms with Crippen molar-refractivity contribution in [3.8, 4) is 0 Å². The van der Waals surface area contributed by atoms with E-state index in [2.05, 4.69) is 0 Å². The quantitative estimate of drug-likeness (QED) is 0.579. The number of rotatable bonds is 3. The Morgan fingerprint density at radius 2 is 1.87 bits per heavy atom. The van der Waals surface area contributed by atoms with Gasteiger partial charge < -0.3 is 0 Å². The highest BCUT2D eigenvalue weighted by Crippen LogP contribution is 2.31. The standard InChI is InChI=1S/C9H11ClO3PS/c10-9(6-7-15-14(11,12)13)8-4-2-1-3-5-8/h1-6,11-13H,7H2/q+1. The van der Waals surface area contributed by atoms with Crippen molar-refractivity contribution in [2.45, 2.75) is 0 Å². The van der Waals surface area contributed by atoms with E-state index < -0.39 is 6.72 Å². The summed E-state index contributed by atoms with van der Waals surface area (Å²) < 4.78 is 0. The summed E-state index contributed by atoms with van der Waals surface area (Å²) in [7, 11) is 0.674. The van der Waals surface area contributed by atoms with Gasteiger partial charge in [-0.05, 0) is 11.6 Å². The van der Waals surface area contributed by atoms with E-state index in [4.69, 9.17) is 26.3 Å². The maximum atomic E-state index is 8.71. The zero-order chi connectivity index (χ0) is 11.3. The van der Waals surface area contributed by atoms with E-state index in [1.54, 1.807) is 6.08 Å². The van der Waals surface area contributed by atoms with E-state index in [0.717, 1.165) is 5.56 Å². The Morgan fingerprint density at radius 3 is 2.40 bits per heavy atom. The highest BCUT2D eigenvalue weighted by molar-refractivity contribution is 8.16. The maximum absolute atomic E-state index is 8.71. The van der Waals surface area contributed by atoms with Crippen LogP contribution in [0.2, 0.25) is 0 Å². The van der Waals surface area contributed by atoms with Crippen LogP contribution in [0.1, 0.15) is 5.56 Å². The van der Waals surface area contributed by atoms with Crippen LogP contribution < -0.4 is 0 Å². The molecule has 0 radical (unpaired) electrons. The van der Waals surface area contributed by atoms with Crippen molar-refractivity contribution >= 4 is 34.3 Å². The Balaban J connectivity index is 2.70. The summed E-state index contributed by atoms with van der Waals surface area (Å²) in [5, 5.41) is 0.525. The predicted molar refractivity (Wildman–Crippen MR) is 66.1 cm³/mol. The summed E-state index contributed by atoms with van der Waals surface area (Å²) >= 11 is 5.95. The molecule has 6 heteroatoms. The van der Waals surface area contributed by atoms with Crippen LogP contribution in [0.25, 0.3) is 5.03 Å². The van der Waals surface area contributed by atoms with Gasteiger partial charge in [0.05, 0.1) is 0 Å². The average Bonchev–Trinajstić information content (AvgIpc) is 2.17. The first-order chi connectivity index (χ1) is 6.99. The lowest BCUT2D eigenvalue weighted by molar-refractivity contribution is 0.363. The van der Waals surface area contributed by atoms with Gasteiger partial charge in [-0.15, -0.1) is 0 Å². The van der Waals surface area contributed by atoms with E-state index in [-0.39, 0.29) is 5.75 Å². The largest absolute Gasteiger partial charge is 0.515 e. The van der Waals surface area contributed by atoms with Crippen molar-refractivity contribution in [1.82, 2.24) is 0 Å². The van der Waals surface area contributed by atoms with Crippen molar-refractivity contribution in [2.75, 3.05) is 5.75 Å². The Hall–Kier alpha value is -0.220. The van der Waals surface area contributed by atoms with Crippen LogP contribution in [-0.2, 0) is 10.9 Å². The highest BCUT2D eigenvalue weighted by Gasteiger charge is 2.17. The molecule has 0 fully saturated rings. The van der Waals surface area contributed by atoms with Crippen LogP contribution >= 0.6 is 18.3 Å². The molecule has 0 saturated heterocycles. The smallest absolute Gasteiger partial charge is 0.290 e. The predicted octanol–water partition coefficient (Wildman–Crippen LogP) is 2.00. The molecular formula is C9H11ClO3PS+. The molecule has 0 aromatic heterocycles. The average molecular weight is 266 g/mol. The summed E-state index contributed by atoms with van der Waals surface area (Å²) in [4.78, 5) is 26.1. The fourth-order valence-corrected chi connectivity index (χ4v) is 2.49. The molecule has 0 amide bonds. The molecule has 3 nitrogen and oxygen atoms in total. The molecule has 0 aliphatic rings. The second kappa shape index (κ2) is 5.75. The summed E-state index contributed by atoms with van der Waals surface area (Å²) in [5.41, 5.74) is 0.859. The number of hydrogen-bond donors (Lipinski definition) is 3. The van der Waals surface area contributed by atoms with E-state index in [0.29, 0.717) is 16.0 Å². The first-order valence-corrected chi connectivity index (χ1v) is 7.73. The lowest BCUT2D eigenvalue weighted by atomic mass is 10.2. The van der Waals surface area contributed by atoms with E-state index in [1.807, 2.05) is 30.3 Å². The van der Waals surface area contributed by atoms with Gasteiger partial charge >= 0.3 is 6.72 Å². The monoisotopic (exact) mass is 265 g/mol. The van der Waals surface area contributed by atoms with Gasteiger partial charge in [-0.3, -0.25) is 14.7 Å². The van der Waals surface area contributed by atoms with Crippen LogP contribution in [0, 0.1) is 0 Å². The van der Waals surface area contributed by atoms with Gasteiger partial charge in [0.2, 0.25) is 10.9 Å². The molecule has 82 valence electrons. The fraction of sp³-hybridized carbons (Fsp3) is 0.111. The van der Waals surface area contributed by atoms with Gasteiger partial charge in [0.25, 0.3) is 0 Å². The van der Waals surface area contributed by atoms with Crippen molar-refractivity contribution in [2.24, 2.45) is 0 Å². The van der Waals surface area contributed by atoms with Gasteiger partial charge in [-0.2, -0.15) is 0 Å². The lowest BCUT2D eigenvalue weighted by Gasteiger charge is -1.95. The Labute approximate surface area is 96.9 Å². The van der Waals surface area contributed by atoms with Gasteiger partial charge in [0.15, 0.2) is 5.75 Å². The van der Waals surface area contributed by atoms with Crippen LogP contribution in [0.4, 0.5) is 0 Å². The minimum absolute atomic E-state index is 0.255. The van der Waals surface area contributed by atoms with Crippen molar-refractivity contribution in [1.29, 1.82) is 0 Å². The zero-order valence-corrected chi connectivity index (χ0v) is 10.2. The summed E-state index contributed by atoms with van der Waals surface area (Å²) in [6.07, 6.45) is 1.62. The van der Waals surface area contributed by atoms with E-state index in [9.17, 15) is 0 Å². The molecule has 1 rings (SSSR count). The third kappa shape index (κ3) is 5.42. The van der Waals surface area contributed by atoms with Crippen molar-refractivity contribution in [3.05, 3.63) is 42.0 Å². The van der Waals surface area contributed by atoms with Gasteiger partial charge in [-0.1, -0.05) is 41.9 Å². The normalized spacial score (nSPS) is 12.7. The molecule has 3 N–H and O–H groups in total.